The van der Waals surface area contributed by atoms with Crippen LogP contribution >= 0.6 is 0 Å². The van der Waals surface area contributed by atoms with Gasteiger partial charge in [-0.05, 0) is 60.1 Å². The molecule has 0 saturated heterocycles. The highest BCUT2D eigenvalue weighted by Gasteiger charge is 2.53. The first-order valence-electron chi connectivity index (χ1n) is 12.9. The molecular weight excluding hydrogens is 512 g/mol. The molecule has 3 rings (SSSR count). The van der Waals surface area contributed by atoms with Gasteiger partial charge in [-0.3, -0.25) is 4.79 Å². The molecule has 0 aromatic heterocycles. The summed E-state index contributed by atoms with van der Waals surface area (Å²) in [5.41, 5.74) is 1.76. The summed E-state index contributed by atoms with van der Waals surface area (Å²) in [6.07, 6.45) is 14.0. The zero-order valence-electron chi connectivity index (χ0n) is 22.5. The molecule has 0 radical (unpaired) electrons. The first kappa shape index (κ1) is 30.3. The predicted octanol–water partition coefficient (Wildman–Crippen LogP) is 6.93. The zero-order valence-corrected chi connectivity index (χ0v) is 22.5. The Labute approximate surface area is 234 Å². The minimum atomic E-state index is -3.74. The van der Waals surface area contributed by atoms with Crippen LogP contribution in [0.5, 0.6) is 11.5 Å². The molecule has 210 valence electrons. The third-order valence-corrected chi connectivity index (χ3v) is 6.75. The number of aliphatic hydroxyl groups is 1. The molecule has 1 amide bonds. The van der Waals surface area contributed by atoms with Crippen LogP contribution in [0.1, 0.15) is 31.2 Å². The van der Waals surface area contributed by atoms with Gasteiger partial charge in [0.1, 0.15) is 0 Å². The molecule has 1 saturated carbocycles. The minimum Gasteiger partial charge on any atom is -0.395 e. The molecule has 0 spiro atoms. The van der Waals surface area contributed by atoms with Gasteiger partial charge in [0.25, 0.3) is 0 Å². The normalized spacial score (nSPS) is 18.7. The van der Waals surface area contributed by atoms with Crippen molar-refractivity contribution in [2.75, 3.05) is 0 Å². The lowest BCUT2D eigenvalue weighted by molar-refractivity contribution is -0.286. The number of aliphatic hydroxyl groups excluding tert-OH is 1. The number of fused-ring (bicyclic) bond motifs is 1. The first-order valence-corrected chi connectivity index (χ1v) is 12.9. The van der Waals surface area contributed by atoms with Crippen molar-refractivity contribution in [1.29, 1.82) is 0 Å². The summed E-state index contributed by atoms with van der Waals surface area (Å²) in [5, 5.41) is 14.2. The molecule has 2 aliphatic rings. The number of halogens is 2. The number of carbonyl (C=O) groups is 1. The quantitative estimate of drug-likeness (QED) is 0.234. The van der Waals surface area contributed by atoms with Gasteiger partial charge >= 0.3 is 6.29 Å². The van der Waals surface area contributed by atoms with Crippen molar-refractivity contribution in [1.82, 2.24) is 5.32 Å². The third kappa shape index (κ3) is 7.45. The molecule has 2 N–H and O–H groups in total. The Hall–Kier alpha value is -4.23. The average Bonchev–Trinajstić information content (AvgIpc) is 3.65. The van der Waals surface area contributed by atoms with E-state index in [4.69, 9.17) is 0 Å². The highest BCUT2D eigenvalue weighted by atomic mass is 19.3. The molecule has 1 aromatic rings. The van der Waals surface area contributed by atoms with Crippen LogP contribution in [0.2, 0.25) is 0 Å². The number of hydrogen-bond acceptors (Lipinski definition) is 4. The molecule has 1 heterocycles. The van der Waals surface area contributed by atoms with Crippen molar-refractivity contribution in [3.05, 3.63) is 134 Å². The van der Waals surface area contributed by atoms with E-state index in [0.29, 0.717) is 36.0 Å². The van der Waals surface area contributed by atoms with Crippen LogP contribution in [0.3, 0.4) is 0 Å². The van der Waals surface area contributed by atoms with Crippen LogP contribution in [-0.4, -0.2) is 29.5 Å². The largest absolute Gasteiger partial charge is 0.586 e. The fraction of sp³-hybridized carbons (Fsp3) is 0.242. The number of allylic oxidation sites excluding steroid dienone is 10. The van der Waals surface area contributed by atoms with Crippen molar-refractivity contribution in [3.63, 3.8) is 0 Å². The Morgan fingerprint density at radius 1 is 1.02 bits per heavy atom. The molecular formula is C33H35F2NO4. The van der Waals surface area contributed by atoms with Gasteiger partial charge in [-0.25, -0.2) is 0 Å². The number of amides is 1. The van der Waals surface area contributed by atoms with Crippen LogP contribution in [0, 0.1) is 0 Å². The molecule has 5 nitrogen and oxygen atoms in total. The number of rotatable bonds is 15. The summed E-state index contributed by atoms with van der Waals surface area (Å²) in [6.45, 7) is 19.1. The van der Waals surface area contributed by atoms with E-state index in [1.54, 1.807) is 54.7 Å². The zero-order chi connectivity index (χ0) is 29.3. The molecule has 2 atom stereocenters. The summed E-state index contributed by atoms with van der Waals surface area (Å²) in [4.78, 5) is 13.7. The predicted molar refractivity (Wildman–Crippen MR) is 155 cm³/mol. The second-order valence-corrected chi connectivity index (χ2v) is 9.58. The van der Waals surface area contributed by atoms with E-state index in [0.717, 1.165) is 5.57 Å². The van der Waals surface area contributed by atoms with Gasteiger partial charge in [0, 0.05) is 6.04 Å². The second-order valence-electron chi connectivity index (χ2n) is 9.58. The van der Waals surface area contributed by atoms with Crippen molar-refractivity contribution >= 4 is 5.91 Å². The summed E-state index contributed by atoms with van der Waals surface area (Å²) in [5.74, 6) is -0.455. The van der Waals surface area contributed by atoms with E-state index >= 15 is 0 Å². The summed E-state index contributed by atoms with van der Waals surface area (Å²) < 4.78 is 36.2. The van der Waals surface area contributed by atoms with Crippen molar-refractivity contribution in [2.24, 2.45) is 0 Å². The highest BCUT2D eigenvalue weighted by Crippen LogP contribution is 2.52. The van der Waals surface area contributed by atoms with Crippen LogP contribution < -0.4 is 14.8 Å². The monoisotopic (exact) mass is 547 g/mol. The van der Waals surface area contributed by atoms with E-state index < -0.39 is 23.9 Å². The molecule has 40 heavy (non-hydrogen) atoms. The van der Waals surface area contributed by atoms with Crippen molar-refractivity contribution in [2.45, 2.75) is 49.5 Å². The lowest BCUT2D eigenvalue weighted by Crippen LogP contribution is -2.43. The van der Waals surface area contributed by atoms with E-state index in [-0.39, 0.29) is 23.8 Å². The van der Waals surface area contributed by atoms with Crippen LogP contribution in [0.25, 0.3) is 0 Å². The average molecular weight is 548 g/mol. The Bertz CT molecular complexity index is 1300. The Kier molecular flexibility index (Phi) is 10.0. The standard InChI is InChI=1S/C33H35F2NO4/c1-6-10-12-15-24(9-4)23(5)20-27(22-28(37)25(13-8-3)14-11-7-2)36-31(38)32(18-19-32)26-16-17-29-30(21-26)40-33(34,35)39-29/h6-17,21,27-28,37H,1-5,18-20,22H2,(H,36,38)/b12-10-,14-11-,24-15+,25-13+/t27-,28-/m0/s1. The first-order chi connectivity index (χ1) is 19.1. The highest BCUT2D eigenvalue weighted by molar-refractivity contribution is 5.91. The second kappa shape index (κ2) is 13.2. The number of benzene rings is 1. The van der Waals surface area contributed by atoms with Gasteiger partial charge < -0.3 is 19.9 Å². The molecule has 1 aliphatic heterocycles. The van der Waals surface area contributed by atoms with E-state index in [2.05, 4.69) is 47.7 Å². The van der Waals surface area contributed by atoms with E-state index in [1.165, 1.54) is 12.1 Å². The Balaban J connectivity index is 1.86. The maximum absolute atomic E-state index is 13.7. The summed E-state index contributed by atoms with van der Waals surface area (Å²) >= 11 is 0. The summed E-state index contributed by atoms with van der Waals surface area (Å²) in [7, 11) is 0. The van der Waals surface area contributed by atoms with Crippen molar-refractivity contribution in [3.8, 4) is 11.5 Å². The molecule has 1 aliphatic carbocycles. The third-order valence-electron chi connectivity index (χ3n) is 6.75. The molecule has 1 aromatic carbocycles. The van der Waals surface area contributed by atoms with Gasteiger partial charge in [0.05, 0.1) is 11.5 Å². The fourth-order valence-corrected chi connectivity index (χ4v) is 4.52. The number of alkyl halides is 2. The fourth-order valence-electron chi connectivity index (χ4n) is 4.52. The SMILES string of the molecule is C=C/C=C\C=C(/C=C)C(=C)C[C@@H](C[C@H](O)C(/C=C\C=C)=C/C=C)NC(=O)C1(c2ccc3c(c2)OC(F)(F)O3)CC1. The van der Waals surface area contributed by atoms with Gasteiger partial charge in [-0.15, -0.1) is 8.78 Å². The van der Waals surface area contributed by atoms with Gasteiger partial charge in [0.15, 0.2) is 11.5 Å². The maximum atomic E-state index is 13.7. The van der Waals surface area contributed by atoms with Crippen LogP contribution in [0.15, 0.2) is 129 Å². The minimum absolute atomic E-state index is 0.0781. The maximum Gasteiger partial charge on any atom is 0.586 e. The van der Waals surface area contributed by atoms with Gasteiger partial charge in [0.2, 0.25) is 5.91 Å². The summed E-state index contributed by atoms with van der Waals surface area (Å²) in [6, 6.07) is 3.91. The van der Waals surface area contributed by atoms with Crippen LogP contribution in [0.4, 0.5) is 8.78 Å². The molecule has 0 bridgehead atoms. The molecule has 0 unspecified atom stereocenters. The topological polar surface area (TPSA) is 67.8 Å². The number of hydrogen-bond donors (Lipinski definition) is 2. The van der Waals surface area contributed by atoms with Gasteiger partial charge in [-0.1, -0.05) is 99.7 Å². The smallest absolute Gasteiger partial charge is 0.395 e. The number of ether oxygens (including phenoxy) is 2. The van der Waals surface area contributed by atoms with E-state index in [9.17, 15) is 18.7 Å². The lowest BCUT2D eigenvalue weighted by atomic mass is 9.91. The number of carbonyl (C=O) groups excluding carboxylic acids is 1. The van der Waals surface area contributed by atoms with Gasteiger partial charge in [-0.2, -0.15) is 0 Å². The Morgan fingerprint density at radius 3 is 2.35 bits per heavy atom. The lowest BCUT2D eigenvalue weighted by Gasteiger charge is -2.26. The Morgan fingerprint density at radius 2 is 1.73 bits per heavy atom. The number of nitrogens with one attached hydrogen (secondary N) is 1. The molecule has 7 heteroatoms. The molecule has 1 fully saturated rings. The van der Waals surface area contributed by atoms with E-state index in [1.807, 2.05) is 12.2 Å². The van der Waals surface area contributed by atoms with Crippen LogP contribution in [-0.2, 0) is 10.2 Å². The van der Waals surface area contributed by atoms with Crippen molar-refractivity contribution < 1.29 is 28.2 Å².